The summed E-state index contributed by atoms with van der Waals surface area (Å²) in [4.78, 5) is 4.59. The molecule has 0 aromatic carbocycles. The number of furan rings is 1. The molecule has 0 fully saturated rings. The van der Waals surface area contributed by atoms with E-state index in [-0.39, 0.29) is 0 Å². The summed E-state index contributed by atoms with van der Waals surface area (Å²) in [7, 11) is 4.13. The molecule has 126 valence electrons. The van der Waals surface area contributed by atoms with Gasteiger partial charge in [0.05, 0.1) is 31.4 Å². The van der Waals surface area contributed by atoms with Gasteiger partial charge >= 0.3 is 0 Å². The quantitative estimate of drug-likeness (QED) is 0.727. The van der Waals surface area contributed by atoms with Crippen LogP contribution in [0.1, 0.15) is 11.3 Å². The van der Waals surface area contributed by atoms with Crippen LogP contribution in [0.25, 0.3) is 0 Å². The van der Waals surface area contributed by atoms with E-state index in [1.165, 1.54) is 11.3 Å². The number of hydrogen-bond donors (Lipinski definition) is 0. The zero-order chi connectivity index (χ0) is 16.1. The van der Waals surface area contributed by atoms with E-state index in [1.54, 1.807) is 6.26 Å². The highest BCUT2D eigenvalue weighted by atomic mass is 16.5. The van der Waals surface area contributed by atoms with Gasteiger partial charge in [-0.05, 0) is 26.2 Å². The summed E-state index contributed by atoms with van der Waals surface area (Å²) in [6.45, 7) is 6.25. The summed E-state index contributed by atoms with van der Waals surface area (Å²) in [6, 6.07) is 4.14. The molecular weight excluding hydrogens is 292 g/mol. The van der Waals surface area contributed by atoms with Gasteiger partial charge in [0.15, 0.2) is 0 Å². The molecule has 1 aliphatic rings. The minimum atomic E-state index is 0.449. The molecule has 3 rings (SSSR count). The van der Waals surface area contributed by atoms with Crippen LogP contribution >= 0.6 is 0 Å². The number of hydrogen-bond acceptors (Lipinski definition) is 5. The van der Waals surface area contributed by atoms with Crippen LogP contribution in [0.3, 0.4) is 0 Å². The molecule has 0 radical (unpaired) electrons. The van der Waals surface area contributed by atoms with Gasteiger partial charge in [0.1, 0.15) is 0 Å². The number of rotatable bonds is 7. The van der Waals surface area contributed by atoms with Crippen molar-refractivity contribution in [1.29, 1.82) is 0 Å². The minimum Gasteiger partial charge on any atom is -0.472 e. The molecule has 6 heteroatoms. The number of nitrogens with zero attached hydrogens (tertiary/aromatic N) is 4. The monoisotopic (exact) mass is 318 g/mol. The van der Waals surface area contributed by atoms with Gasteiger partial charge in [0.25, 0.3) is 0 Å². The molecule has 0 N–H and O–H groups in total. The lowest BCUT2D eigenvalue weighted by atomic mass is 10.1. The van der Waals surface area contributed by atoms with Gasteiger partial charge < -0.3 is 14.1 Å². The van der Waals surface area contributed by atoms with E-state index in [0.717, 1.165) is 45.9 Å². The molecule has 0 aliphatic carbocycles. The average Bonchev–Trinajstić information content (AvgIpc) is 3.13. The Morgan fingerprint density at radius 1 is 1.35 bits per heavy atom. The van der Waals surface area contributed by atoms with E-state index in [1.807, 2.05) is 18.5 Å². The second-order valence-electron chi connectivity index (χ2n) is 6.55. The molecule has 0 saturated carbocycles. The maximum absolute atomic E-state index is 5.89. The van der Waals surface area contributed by atoms with Crippen molar-refractivity contribution >= 4 is 0 Å². The number of ether oxygens (including phenoxy) is 1. The van der Waals surface area contributed by atoms with Gasteiger partial charge in [-0.1, -0.05) is 0 Å². The summed E-state index contributed by atoms with van der Waals surface area (Å²) < 4.78 is 13.2. The third-order valence-electron chi connectivity index (χ3n) is 4.16. The van der Waals surface area contributed by atoms with Crippen LogP contribution in [0.2, 0.25) is 0 Å². The molecule has 6 nitrogen and oxygen atoms in total. The van der Waals surface area contributed by atoms with Crippen molar-refractivity contribution in [2.45, 2.75) is 19.6 Å². The van der Waals surface area contributed by atoms with Crippen LogP contribution in [0.15, 0.2) is 35.3 Å². The van der Waals surface area contributed by atoms with Gasteiger partial charge in [0.2, 0.25) is 0 Å². The van der Waals surface area contributed by atoms with Crippen LogP contribution in [0.5, 0.6) is 0 Å². The van der Waals surface area contributed by atoms with Crippen molar-refractivity contribution in [2.75, 3.05) is 40.4 Å². The Morgan fingerprint density at radius 2 is 2.26 bits per heavy atom. The fourth-order valence-corrected chi connectivity index (χ4v) is 2.98. The molecule has 23 heavy (non-hydrogen) atoms. The standard InChI is InChI=1S/C17H26N4O2/c1-19(2)6-8-23-14-16-10-20(9-15-4-7-22-13-15)12-17-3-5-18-21(17)11-16/h3-5,7,13,16H,6,8-12,14H2,1-2H3/t16-/m0/s1. The Balaban J connectivity index is 1.60. The average molecular weight is 318 g/mol. The van der Waals surface area contributed by atoms with Crippen molar-refractivity contribution in [3.05, 3.63) is 42.1 Å². The minimum absolute atomic E-state index is 0.449. The van der Waals surface area contributed by atoms with Gasteiger partial charge in [0, 0.05) is 50.4 Å². The van der Waals surface area contributed by atoms with Crippen LogP contribution in [0.4, 0.5) is 0 Å². The number of likely N-dealkylation sites (N-methyl/N-ethyl adjacent to an activating group) is 1. The molecule has 0 saturated heterocycles. The summed E-state index contributed by atoms with van der Waals surface area (Å²) in [5.41, 5.74) is 2.48. The van der Waals surface area contributed by atoms with E-state index >= 15 is 0 Å². The van der Waals surface area contributed by atoms with Crippen molar-refractivity contribution in [2.24, 2.45) is 5.92 Å². The van der Waals surface area contributed by atoms with E-state index in [4.69, 9.17) is 9.15 Å². The lowest BCUT2D eigenvalue weighted by Crippen LogP contribution is -2.30. The first kappa shape index (κ1) is 16.2. The van der Waals surface area contributed by atoms with E-state index < -0.39 is 0 Å². The molecular formula is C17H26N4O2. The third-order valence-corrected chi connectivity index (χ3v) is 4.16. The molecule has 2 aromatic heterocycles. The first-order valence-corrected chi connectivity index (χ1v) is 8.17. The fraction of sp³-hybridized carbons (Fsp3) is 0.588. The van der Waals surface area contributed by atoms with Gasteiger partial charge in [-0.25, -0.2) is 0 Å². The molecule has 0 bridgehead atoms. The second kappa shape index (κ2) is 7.77. The zero-order valence-electron chi connectivity index (χ0n) is 14.0. The predicted octanol–water partition coefficient (Wildman–Crippen LogP) is 1.69. The normalized spacial score (nSPS) is 19.0. The van der Waals surface area contributed by atoms with Crippen LogP contribution in [-0.4, -0.2) is 60.0 Å². The molecule has 0 spiro atoms. The topological polar surface area (TPSA) is 46.7 Å². The van der Waals surface area contributed by atoms with Crippen LogP contribution in [0, 0.1) is 5.92 Å². The van der Waals surface area contributed by atoms with E-state index in [0.29, 0.717) is 5.92 Å². The fourth-order valence-electron chi connectivity index (χ4n) is 2.98. The zero-order valence-corrected chi connectivity index (χ0v) is 14.0. The van der Waals surface area contributed by atoms with E-state index in [2.05, 4.69) is 39.7 Å². The number of fused-ring (bicyclic) bond motifs is 1. The third kappa shape index (κ3) is 4.67. The smallest absolute Gasteiger partial charge is 0.0947 e. The Bertz CT molecular complexity index is 579. The maximum atomic E-state index is 5.89. The highest BCUT2D eigenvalue weighted by molar-refractivity contribution is 5.07. The SMILES string of the molecule is CN(C)CCOC[C@H]1CN(Cc2ccoc2)Cc2ccnn2C1. The molecule has 1 atom stereocenters. The lowest BCUT2D eigenvalue weighted by molar-refractivity contribution is 0.0672. The Kier molecular flexibility index (Phi) is 5.48. The van der Waals surface area contributed by atoms with Crippen LogP contribution in [-0.2, 0) is 24.4 Å². The highest BCUT2D eigenvalue weighted by Crippen LogP contribution is 2.18. The Labute approximate surface area is 137 Å². The number of aromatic nitrogens is 2. The first-order chi connectivity index (χ1) is 11.2. The maximum Gasteiger partial charge on any atom is 0.0947 e. The van der Waals surface area contributed by atoms with Crippen molar-refractivity contribution < 1.29 is 9.15 Å². The van der Waals surface area contributed by atoms with E-state index in [9.17, 15) is 0 Å². The predicted molar refractivity (Wildman–Crippen MR) is 87.9 cm³/mol. The summed E-state index contributed by atoms with van der Waals surface area (Å²) in [5.74, 6) is 0.449. The largest absolute Gasteiger partial charge is 0.472 e. The van der Waals surface area contributed by atoms with Crippen molar-refractivity contribution in [3.8, 4) is 0 Å². The summed E-state index contributed by atoms with van der Waals surface area (Å²) in [6.07, 6.45) is 5.45. The van der Waals surface area contributed by atoms with Gasteiger partial charge in [-0.2, -0.15) is 5.10 Å². The molecule has 1 aliphatic heterocycles. The summed E-state index contributed by atoms with van der Waals surface area (Å²) in [5, 5.41) is 4.46. The highest BCUT2D eigenvalue weighted by Gasteiger charge is 2.22. The molecule has 3 heterocycles. The molecule has 2 aromatic rings. The molecule has 0 amide bonds. The van der Waals surface area contributed by atoms with Crippen molar-refractivity contribution in [3.63, 3.8) is 0 Å². The first-order valence-electron chi connectivity index (χ1n) is 8.17. The van der Waals surface area contributed by atoms with Gasteiger partial charge in [-0.15, -0.1) is 0 Å². The Morgan fingerprint density at radius 3 is 3.04 bits per heavy atom. The molecule has 0 unspecified atom stereocenters. The van der Waals surface area contributed by atoms with Crippen LogP contribution < -0.4 is 0 Å². The lowest BCUT2D eigenvalue weighted by Gasteiger charge is -2.23. The van der Waals surface area contributed by atoms with Gasteiger partial charge in [-0.3, -0.25) is 9.58 Å². The van der Waals surface area contributed by atoms with Crippen molar-refractivity contribution in [1.82, 2.24) is 19.6 Å². The second-order valence-corrected chi connectivity index (χ2v) is 6.55. The Hall–Kier alpha value is -1.63. The summed E-state index contributed by atoms with van der Waals surface area (Å²) >= 11 is 0.